The normalized spacial score (nSPS) is 22.8. The van der Waals surface area contributed by atoms with Gasteiger partial charge in [0.05, 0.1) is 13.2 Å². The highest BCUT2D eigenvalue weighted by Crippen LogP contribution is 2.35. The van der Waals surface area contributed by atoms with Gasteiger partial charge < -0.3 is 14.0 Å². The van der Waals surface area contributed by atoms with E-state index >= 15 is 0 Å². The van der Waals surface area contributed by atoms with Crippen LogP contribution in [-0.2, 0) is 4.74 Å². The number of hydrogen-bond acceptors (Lipinski definition) is 7. The Kier molecular flexibility index (Phi) is 4.44. The van der Waals surface area contributed by atoms with Gasteiger partial charge in [0.25, 0.3) is 0 Å². The molecule has 7 heteroatoms. The van der Waals surface area contributed by atoms with E-state index in [1.807, 2.05) is 6.07 Å². The van der Waals surface area contributed by atoms with Crippen LogP contribution in [0.2, 0.25) is 0 Å². The first-order valence-electron chi connectivity index (χ1n) is 8.52. The van der Waals surface area contributed by atoms with Crippen molar-refractivity contribution in [3.8, 4) is 17.3 Å². The minimum Gasteiger partial charge on any atom is -0.481 e. The monoisotopic (exact) mass is 330 g/mol. The van der Waals surface area contributed by atoms with Crippen molar-refractivity contribution in [2.45, 2.75) is 37.8 Å². The van der Waals surface area contributed by atoms with Gasteiger partial charge in [-0.2, -0.15) is 4.98 Å². The van der Waals surface area contributed by atoms with E-state index in [4.69, 9.17) is 14.0 Å². The Balaban J connectivity index is 1.52. The number of rotatable bonds is 4. The summed E-state index contributed by atoms with van der Waals surface area (Å²) in [4.78, 5) is 11.4. The number of aromatic nitrogens is 3. The van der Waals surface area contributed by atoms with Crippen molar-refractivity contribution in [1.82, 2.24) is 20.0 Å². The second-order valence-corrected chi connectivity index (χ2v) is 6.28. The van der Waals surface area contributed by atoms with Crippen LogP contribution < -0.4 is 4.74 Å². The summed E-state index contributed by atoms with van der Waals surface area (Å²) < 4.78 is 16.2. The lowest BCUT2D eigenvalue weighted by Gasteiger charge is -2.33. The Bertz CT molecular complexity index is 667. The molecule has 0 aliphatic carbocycles. The lowest BCUT2D eigenvalue weighted by atomic mass is 10.1. The first kappa shape index (κ1) is 15.5. The summed E-state index contributed by atoms with van der Waals surface area (Å²) in [6.45, 7) is 2.79. The summed E-state index contributed by atoms with van der Waals surface area (Å²) in [5.41, 5.74) is 0.835. The molecule has 0 aromatic carbocycles. The number of likely N-dealkylation sites (tertiary alicyclic amines) is 1. The molecule has 0 spiro atoms. The highest BCUT2D eigenvalue weighted by Gasteiger charge is 2.36. The third-order valence-corrected chi connectivity index (χ3v) is 4.88. The van der Waals surface area contributed by atoms with E-state index in [0.717, 1.165) is 44.6 Å². The number of nitrogens with zero attached hydrogens (tertiary/aromatic N) is 4. The van der Waals surface area contributed by atoms with Crippen molar-refractivity contribution in [3.63, 3.8) is 0 Å². The van der Waals surface area contributed by atoms with Gasteiger partial charge in [0, 0.05) is 37.1 Å². The van der Waals surface area contributed by atoms with E-state index in [2.05, 4.69) is 20.0 Å². The molecule has 2 aliphatic heterocycles. The van der Waals surface area contributed by atoms with Crippen molar-refractivity contribution in [2.24, 2.45) is 0 Å². The number of ether oxygens (including phenoxy) is 2. The molecule has 2 saturated heterocycles. The van der Waals surface area contributed by atoms with Gasteiger partial charge in [-0.1, -0.05) is 5.16 Å². The second kappa shape index (κ2) is 6.86. The van der Waals surface area contributed by atoms with Crippen LogP contribution in [-0.4, -0.2) is 52.9 Å². The fourth-order valence-corrected chi connectivity index (χ4v) is 3.63. The molecule has 1 atom stereocenters. The SMILES string of the molecule is COc1ccc(-c2noc(C3CCCN3C3CCOCC3)n2)cn1. The zero-order valence-electron chi connectivity index (χ0n) is 13.9. The fraction of sp³-hybridized carbons (Fsp3) is 0.588. The number of hydrogen-bond donors (Lipinski definition) is 0. The van der Waals surface area contributed by atoms with E-state index in [1.54, 1.807) is 19.4 Å². The van der Waals surface area contributed by atoms with Gasteiger partial charge in [-0.05, 0) is 38.3 Å². The van der Waals surface area contributed by atoms with Gasteiger partial charge in [-0.15, -0.1) is 0 Å². The molecule has 7 nitrogen and oxygen atoms in total. The van der Waals surface area contributed by atoms with Crippen LogP contribution in [0.1, 0.15) is 37.6 Å². The van der Waals surface area contributed by atoms with E-state index < -0.39 is 0 Å². The second-order valence-electron chi connectivity index (χ2n) is 6.28. The quantitative estimate of drug-likeness (QED) is 0.852. The highest BCUT2D eigenvalue weighted by atomic mass is 16.5. The molecule has 0 saturated carbocycles. The lowest BCUT2D eigenvalue weighted by molar-refractivity contribution is 0.0243. The molecule has 1 unspecified atom stereocenters. The molecule has 0 bridgehead atoms. The molecule has 4 heterocycles. The average Bonchev–Trinajstić information content (AvgIpc) is 3.32. The van der Waals surface area contributed by atoms with Gasteiger partial charge in [-0.25, -0.2) is 4.98 Å². The average molecular weight is 330 g/mol. The Morgan fingerprint density at radius 3 is 2.83 bits per heavy atom. The molecule has 2 aliphatic rings. The van der Waals surface area contributed by atoms with Crippen LogP contribution in [0.5, 0.6) is 5.88 Å². The van der Waals surface area contributed by atoms with Crippen LogP contribution in [0.25, 0.3) is 11.4 Å². The zero-order chi connectivity index (χ0) is 16.4. The third-order valence-electron chi connectivity index (χ3n) is 4.88. The van der Waals surface area contributed by atoms with E-state index in [9.17, 15) is 0 Å². The summed E-state index contributed by atoms with van der Waals surface area (Å²) >= 11 is 0. The summed E-state index contributed by atoms with van der Waals surface area (Å²) in [6, 6.07) is 4.48. The Morgan fingerprint density at radius 1 is 1.21 bits per heavy atom. The maximum atomic E-state index is 5.59. The first-order valence-corrected chi connectivity index (χ1v) is 8.52. The predicted octanol–water partition coefficient (Wildman–Crippen LogP) is 2.46. The van der Waals surface area contributed by atoms with Crippen molar-refractivity contribution >= 4 is 0 Å². The Morgan fingerprint density at radius 2 is 2.08 bits per heavy atom. The van der Waals surface area contributed by atoms with Crippen LogP contribution in [0.4, 0.5) is 0 Å². The molecule has 2 aromatic heterocycles. The van der Waals surface area contributed by atoms with Crippen molar-refractivity contribution < 1.29 is 14.0 Å². The number of methoxy groups -OCH3 is 1. The predicted molar refractivity (Wildman–Crippen MR) is 86.6 cm³/mol. The smallest absolute Gasteiger partial charge is 0.244 e. The molecular formula is C17H22N4O3. The molecule has 2 aromatic rings. The minimum atomic E-state index is 0.223. The molecule has 0 radical (unpaired) electrons. The molecule has 2 fully saturated rings. The lowest BCUT2D eigenvalue weighted by Crippen LogP contribution is -2.39. The molecule has 128 valence electrons. The van der Waals surface area contributed by atoms with Crippen molar-refractivity contribution in [2.75, 3.05) is 26.9 Å². The fourth-order valence-electron chi connectivity index (χ4n) is 3.63. The maximum Gasteiger partial charge on any atom is 0.244 e. The minimum absolute atomic E-state index is 0.223. The van der Waals surface area contributed by atoms with Gasteiger partial charge >= 0.3 is 0 Å². The van der Waals surface area contributed by atoms with Crippen molar-refractivity contribution in [3.05, 3.63) is 24.2 Å². The van der Waals surface area contributed by atoms with Crippen molar-refractivity contribution in [1.29, 1.82) is 0 Å². The van der Waals surface area contributed by atoms with Crippen LogP contribution in [0.15, 0.2) is 22.9 Å². The zero-order valence-corrected chi connectivity index (χ0v) is 13.9. The summed E-state index contributed by atoms with van der Waals surface area (Å²) in [5.74, 6) is 1.87. The molecular weight excluding hydrogens is 308 g/mol. The summed E-state index contributed by atoms with van der Waals surface area (Å²) in [7, 11) is 1.60. The number of pyridine rings is 1. The summed E-state index contributed by atoms with van der Waals surface area (Å²) in [6.07, 6.45) is 6.11. The van der Waals surface area contributed by atoms with Crippen LogP contribution >= 0.6 is 0 Å². The van der Waals surface area contributed by atoms with Crippen LogP contribution in [0, 0.1) is 0 Å². The first-order chi connectivity index (χ1) is 11.8. The molecule has 24 heavy (non-hydrogen) atoms. The highest BCUT2D eigenvalue weighted by molar-refractivity contribution is 5.53. The standard InChI is InChI=1S/C17H22N4O3/c1-22-15-5-4-12(11-18-15)16-19-17(24-20-16)14-3-2-8-21(14)13-6-9-23-10-7-13/h4-5,11,13-14H,2-3,6-10H2,1H3. The largest absolute Gasteiger partial charge is 0.481 e. The van der Waals surface area contributed by atoms with E-state index in [-0.39, 0.29) is 6.04 Å². The Hall–Kier alpha value is -1.99. The van der Waals surface area contributed by atoms with Gasteiger partial charge in [0.2, 0.25) is 17.6 Å². The van der Waals surface area contributed by atoms with Crippen LogP contribution in [0.3, 0.4) is 0 Å². The van der Waals surface area contributed by atoms with Gasteiger partial charge in [0.15, 0.2) is 0 Å². The van der Waals surface area contributed by atoms with Gasteiger partial charge in [0.1, 0.15) is 0 Å². The van der Waals surface area contributed by atoms with E-state index in [0.29, 0.717) is 23.6 Å². The molecule has 0 amide bonds. The maximum absolute atomic E-state index is 5.59. The van der Waals surface area contributed by atoms with E-state index in [1.165, 1.54) is 6.42 Å². The molecule has 4 rings (SSSR count). The molecule has 0 N–H and O–H groups in total. The Labute approximate surface area is 141 Å². The summed E-state index contributed by atoms with van der Waals surface area (Å²) in [5, 5.41) is 4.15. The topological polar surface area (TPSA) is 73.5 Å². The third kappa shape index (κ3) is 3.01. The van der Waals surface area contributed by atoms with Gasteiger partial charge in [-0.3, -0.25) is 4.90 Å².